The van der Waals surface area contributed by atoms with Crippen LogP contribution in [0.15, 0.2) is 72.8 Å². The number of hydrogen-bond donors (Lipinski definition) is 1. The number of rotatable bonds is 1. The Kier molecular flexibility index (Phi) is 13.5. The van der Waals surface area contributed by atoms with Crippen molar-refractivity contribution in [3.63, 3.8) is 0 Å². The van der Waals surface area contributed by atoms with Crippen molar-refractivity contribution in [2.45, 2.75) is 6.42 Å². The summed E-state index contributed by atoms with van der Waals surface area (Å²) in [5.74, 6) is 0.307. The molecule has 3 rings (SSSR count). The number of hydrogen-bond acceptors (Lipinski definition) is 1. The summed E-state index contributed by atoms with van der Waals surface area (Å²) in [5, 5.41) is 9.27. The summed E-state index contributed by atoms with van der Waals surface area (Å²) >= 11 is 0. The quantitative estimate of drug-likeness (QED) is 0.482. The smallest absolute Gasteiger partial charge is 0.116 e. The molecule has 0 saturated heterocycles. The van der Waals surface area contributed by atoms with Crippen molar-refractivity contribution in [3.05, 3.63) is 78.9 Å². The first kappa shape index (κ1) is 22.3. The zero-order chi connectivity index (χ0) is 12.6. The van der Waals surface area contributed by atoms with Gasteiger partial charge < -0.3 is 29.9 Å². The van der Waals surface area contributed by atoms with E-state index in [1.54, 1.807) is 12.1 Å². The second-order valence-electron chi connectivity index (χ2n) is 3.92. The standard InChI is InChI=1S/C12H10O.C5H5.2ClH.Ti/c13-12-8-4-7-11(9-12)10-5-2-1-3-6-10;1-2-4-5-3-1;;;/h1-9,13H;1-3H,4H2;2*1H;/q;-1;;;/p-2. The van der Waals surface area contributed by atoms with Crippen LogP contribution in [0.5, 0.6) is 5.75 Å². The Hall–Kier alpha value is -0.986. The fourth-order valence-electron chi connectivity index (χ4n) is 1.66. The Morgan fingerprint density at radius 3 is 2.00 bits per heavy atom. The predicted molar refractivity (Wildman–Crippen MR) is 75.1 cm³/mol. The van der Waals surface area contributed by atoms with E-state index in [0.29, 0.717) is 5.75 Å². The van der Waals surface area contributed by atoms with Gasteiger partial charge in [0, 0.05) is 21.7 Å². The molecule has 1 aliphatic rings. The summed E-state index contributed by atoms with van der Waals surface area (Å²) in [7, 11) is 0. The summed E-state index contributed by atoms with van der Waals surface area (Å²) in [6.07, 6.45) is 10.0. The van der Waals surface area contributed by atoms with Gasteiger partial charge in [-0.2, -0.15) is 6.08 Å². The van der Waals surface area contributed by atoms with Crippen LogP contribution in [0.25, 0.3) is 11.1 Å². The van der Waals surface area contributed by atoms with E-state index in [4.69, 9.17) is 0 Å². The van der Waals surface area contributed by atoms with Gasteiger partial charge in [-0.1, -0.05) is 42.5 Å². The first-order valence-electron chi connectivity index (χ1n) is 5.92. The van der Waals surface area contributed by atoms with Crippen molar-refractivity contribution in [2.75, 3.05) is 0 Å². The van der Waals surface area contributed by atoms with Gasteiger partial charge in [-0.25, -0.2) is 12.2 Å². The van der Waals surface area contributed by atoms with Crippen LogP contribution in [-0.4, -0.2) is 5.11 Å². The zero-order valence-electron chi connectivity index (χ0n) is 11.3. The van der Waals surface area contributed by atoms with Gasteiger partial charge in [0.2, 0.25) is 0 Å². The average molecular weight is 354 g/mol. The van der Waals surface area contributed by atoms with E-state index < -0.39 is 0 Å². The van der Waals surface area contributed by atoms with Crippen molar-refractivity contribution < 1.29 is 51.6 Å². The minimum atomic E-state index is 0. The van der Waals surface area contributed by atoms with Gasteiger partial charge in [-0.05, 0) is 23.3 Å². The number of halogens is 2. The molecular weight excluding hydrogens is 339 g/mol. The molecule has 0 fully saturated rings. The average Bonchev–Trinajstić information content (AvgIpc) is 2.99. The molecule has 0 unspecified atom stereocenters. The van der Waals surface area contributed by atoms with Crippen LogP contribution < -0.4 is 24.8 Å². The van der Waals surface area contributed by atoms with Crippen molar-refractivity contribution in [1.82, 2.24) is 0 Å². The summed E-state index contributed by atoms with van der Waals surface area (Å²) in [5.41, 5.74) is 2.17. The minimum absolute atomic E-state index is 0. The molecule has 0 aromatic heterocycles. The topological polar surface area (TPSA) is 20.2 Å². The van der Waals surface area contributed by atoms with Crippen LogP contribution in [0.2, 0.25) is 0 Å². The molecule has 0 bridgehead atoms. The van der Waals surface area contributed by atoms with Crippen LogP contribution in [0.4, 0.5) is 0 Å². The van der Waals surface area contributed by atoms with E-state index in [0.717, 1.165) is 17.5 Å². The number of phenolic OH excluding ortho intramolecular Hbond substituents is 1. The molecule has 4 heteroatoms. The monoisotopic (exact) mass is 353 g/mol. The Bertz CT molecular complexity index is 544. The number of benzene rings is 2. The van der Waals surface area contributed by atoms with Crippen LogP contribution in [0, 0.1) is 6.08 Å². The first-order chi connectivity index (χ1) is 8.86. The van der Waals surface area contributed by atoms with Crippen LogP contribution in [0.1, 0.15) is 6.42 Å². The van der Waals surface area contributed by atoms with Crippen molar-refractivity contribution in [2.24, 2.45) is 0 Å². The summed E-state index contributed by atoms with van der Waals surface area (Å²) in [6, 6.07) is 17.3. The van der Waals surface area contributed by atoms with Gasteiger partial charge in [0.25, 0.3) is 0 Å². The Labute approximate surface area is 153 Å². The summed E-state index contributed by atoms with van der Waals surface area (Å²) in [6.45, 7) is 0. The van der Waals surface area contributed by atoms with E-state index in [1.165, 1.54) is 0 Å². The molecule has 110 valence electrons. The number of allylic oxidation sites excluding steroid dienone is 4. The normalized spacial score (nSPS) is 10.3. The molecule has 0 radical (unpaired) electrons. The van der Waals surface area contributed by atoms with E-state index >= 15 is 0 Å². The molecule has 21 heavy (non-hydrogen) atoms. The predicted octanol–water partition coefficient (Wildman–Crippen LogP) is -1.63. The van der Waals surface area contributed by atoms with Crippen molar-refractivity contribution in [3.8, 4) is 16.9 Å². The molecule has 2 aromatic rings. The number of phenols is 1. The fourth-order valence-corrected chi connectivity index (χ4v) is 1.66. The maximum Gasteiger partial charge on any atom is 0.116 e. The summed E-state index contributed by atoms with van der Waals surface area (Å²) < 4.78 is 0. The minimum Gasteiger partial charge on any atom is -1.00 e. The van der Waals surface area contributed by atoms with Crippen LogP contribution in [-0.2, 0) is 21.7 Å². The third-order valence-electron chi connectivity index (χ3n) is 2.54. The second kappa shape index (κ2) is 12.7. The van der Waals surface area contributed by atoms with E-state index in [1.807, 2.05) is 54.6 Å². The molecule has 0 heterocycles. The molecule has 0 aliphatic heterocycles. The van der Waals surface area contributed by atoms with Crippen LogP contribution in [0.3, 0.4) is 0 Å². The molecular formula is C17H15Cl2OTi-3. The molecule has 0 amide bonds. The number of aromatic hydroxyl groups is 1. The fraction of sp³-hybridized carbons (Fsp3) is 0.0588. The third-order valence-corrected chi connectivity index (χ3v) is 2.54. The van der Waals surface area contributed by atoms with Gasteiger partial charge in [0.1, 0.15) is 5.75 Å². The maximum absolute atomic E-state index is 9.27. The third kappa shape index (κ3) is 8.13. The summed E-state index contributed by atoms with van der Waals surface area (Å²) in [4.78, 5) is 0. The van der Waals surface area contributed by atoms with Gasteiger partial charge in [-0.15, -0.1) is 6.42 Å². The molecule has 0 spiro atoms. The van der Waals surface area contributed by atoms with Gasteiger partial charge in [-0.3, -0.25) is 6.08 Å². The van der Waals surface area contributed by atoms with Crippen molar-refractivity contribution >= 4 is 0 Å². The molecule has 1 aliphatic carbocycles. The van der Waals surface area contributed by atoms with Crippen LogP contribution >= 0.6 is 0 Å². The Balaban J connectivity index is 0. The van der Waals surface area contributed by atoms with E-state index in [-0.39, 0.29) is 46.5 Å². The molecule has 0 atom stereocenters. The van der Waals surface area contributed by atoms with E-state index in [2.05, 4.69) is 12.2 Å². The molecule has 1 nitrogen and oxygen atoms in total. The van der Waals surface area contributed by atoms with Crippen molar-refractivity contribution in [1.29, 1.82) is 0 Å². The zero-order valence-corrected chi connectivity index (χ0v) is 14.4. The van der Waals surface area contributed by atoms with Gasteiger partial charge in [0.05, 0.1) is 0 Å². The first-order valence-corrected chi connectivity index (χ1v) is 5.92. The molecule has 1 N–H and O–H groups in total. The van der Waals surface area contributed by atoms with E-state index in [9.17, 15) is 5.11 Å². The Morgan fingerprint density at radius 1 is 0.857 bits per heavy atom. The maximum atomic E-state index is 9.27. The molecule has 0 saturated carbocycles. The Morgan fingerprint density at radius 2 is 1.52 bits per heavy atom. The largest absolute Gasteiger partial charge is 1.00 e. The molecule has 2 aromatic carbocycles. The second-order valence-corrected chi connectivity index (χ2v) is 3.92. The van der Waals surface area contributed by atoms with Gasteiger partial charge >= 0.3 is 0 Å². The SMILES string of the molecule is Oc1cccc(-c2ccccc2)c1.[C-]1=CC=CC1.[Cl-].[Cl-].[Ti]. The van der Waals surface area contributed by atoms with Gasteiger partial charge in [0.15, 0.2) is 0 Å².